The molecule has 0 amide bonds. The number of rotatable bonds is 10. The van der Waals surface area contributed by atoms with Crippen LogP contribution in [0.15, 0.2) is 58.5 Å². The molecule has 0 aliphatic heterocycles. The zero-order valence-corrected chi connectivity index (χ0v) is 30.1. The number of nitrogens with zero attached hydrogens (tertiary/aromatic N) is 2. The van der Waals surface area contributed by atoms with Gasteiger partial charge in [-0.1, -0.05) is 89.1 Å². The number of para-hydroxylation sites is 2. The molecule has 0 fully saturated rings. The second-order valence-electron chi connectivity index (χ2n) is 7.93. The average molecular weight is 727 g/mol. The summed E-state index contributed by atoms with van der Waals surface area (Å²) in [5, 5.41) is 75.1. The normalized spacial score (nSPS) is 11.4. The fourth-order valence-electron chi connectivity index (χ4n) is 2.82. The summed E-state index contributed by atoms with van der Waals surface area (Å²) in [6.07, 6.45) is 4.01. The van der Waals surface area contributed by atoms with Crippen molar-refractivity contribution in [3.63, 3.8) is 0 Å². The van der Waals surface area contributed by atoms with E-state index in [4.69, 9.17) is 20.4 Å². The van der Waals surface area contributed by atoms with Gasteiger partial charge in [-0.15, -0.1) is 11.5 Å². The fourth-order valence-corrected chi connectivity index (χ4v) is 2.82. The van der Waals surface area contributed by atoms with Gasteiger partial charge in [0.1, 0.15) is 0 Å². The van der Waals surface area contributed by atoms with Crippen molar-refractivity contribution >= 4 is 24.4 Å². The first-order valence-electron chi connectivity index (χ1n) is 12.8. The molecule has 0 saturated carbocycles. The molecule has 0 spiro atoms. The van der Waals surface area contributed by atoms with Gasteiger partial charge in [-0.3, -0.25) is 9.98 Å². The van der Waals surface area contributed by atoms with Crippen molar-refractivity contribution in [2.45, 2.75) is 52.6 Å². The first-order valence-corrected chi connectivity index (χ1v) is 12.8. The van der Waals surface area contributed by atoms with Crippen molar-refractivity contribution < 1.29 is 98.5 Å². The van der Waals surface area contributed by atoms with Crippen LogP contribution in [0.5, 0.6) is 11.5 Å². The van der Waals surface area contributed by atoms with Gasteiger partial charge in [0, 0.05) is 63.8 Å². The quantitative estimate of drug-likeness (QED) is 0.245. The molecule has 0 unspecified atom stereocenters. The van der Waals surface area contributed by atoms with E-state index in [1.165, 1.54) is 24.6 Å². The van der Waals surface area contributed by atoms with Crippen LogP contribution in [-0.2, 0) is 57.7 Å². The Hall–Kier alpha value is -2.75. The number of aliphatic carboxylic acids is 2. The van der Waals surface area contributed by atoms with Crippen LogP contribution in [0.25, 0.3) is 0 Å². The largest absolute Gasteiger partial charge is 2.00 e. The minimum atomic E-state index is -1.21. The number of hydrogen-bond acceptors (Lipinski definition) is 12. The molecule has 16 heteroatoms. The van der Waals surface area contributed by atoms with Gasteiger partial charge in [-0.05, 0) is 23.0 Å². The van der Waals surface area contributed by atoms with Crippen molar-refractivity contribution in [3.8, 4) is 11.5 Å². The summed E-state index contributed by atoms with van der Waals surface area (Å²) < 4.78 is 0. The molecule has 2 N–H and O–H groups in total. The van der Waals surface area contributed by atoms with Crippen LogP contribution in [-0.4, -0.2) is 75.1 Å². The van der Waals surface area contributed by atoms with Gasteiger partial charge in [0.25, 0.3) is 0 Å². The van der Waals surface area contributed by atoms with E-state index in [0.717, 1.165) is 28.4 Å². The third-order valence-corrected chi connectivity index (χ3v) is 5.44. The molecule has 0 aliphatic carbocycles. The number of carbonyl (C=O) groups is 2. The van der Waals surface area contributed by atoms with Gasteiger partial charge >= 0.3 is 0 Å². The molecule has 2 aromatic rings. The number of aliphatic hydroxyl groups excluding tert-OH is 2. The van der Waals surface area contributed by atoms with Crippen LogP contribution in [0.2, 0.25) is 0 Å². The molecule has 266 valence electrons. The predicted octanol–water partition coefficient (Wildman–Crippen LogP) is -2.39. The Morgan fingerprint density at radius 3 is 1.09 bits per heavy atom. The first kappa shape index (κ1) is 62.1. The van der Waals surface area contributed by atoms with E-state index in [1.54, 1.807) is 50.2 Å². The zero-order valence-electron chi connectivity index (χ0n) is 27.3. The van der Waals surface area contributed by atoms with E-state index in [-0.39, 0.29) is 71.4 Å². The maximum absolute atomic E-state index is 11.4. The van der Waals surface area contributed by atoms with Gasteiger partial charge in [0.2, 0.25) is 0 Å². The van der Waals surface area contributed by atoms with E-state index in [9.17, 15) is 30.0 Å². The number of carbonyl (C=O) groups excluding carboxylic acids is 2. The Labute approximate surface area is 296 Å². The molecule has 46 heavy (non-hydrogen) atoms. The molecule has 0 saturated heterocycles. The average Bonchev–Trinajstić information content (AvgIpc) is 3.02. The third kappa shape index (κ3) is 27.6. The smallest absolute Gasteiger partial charge is 0.0918 e. The second-order valence-corrected chi connectivity index (χ2v) is 7.93. The summed E-state index contributed by atoms with van der Waals surface area (Å²) in [5.74, 6) is -2.99. The Morgan fingerprint density at radius 2 is 0.891 bits per heavy atom. The Balaban J connectivity index is -0.0000000800. The monoisotopic (exact) mass is 726 g/mol. The van der Waals surface area contributed by atoms with E-state index >= 15 is 0 Å². The summed E-state index contributed by atoms with van der Waals surface area (Å²) in [5.41, 5.74) is 0.782. The van der Waals surface area contributed by atoms with Gasteiger partial charge < -0.3 is 61.4 Å². The Morgan fingerprint density at radius 1 is 0.652 bits per heavy atom. The summed E-state index contributed by atoms with van der Waals surface area (Å²) in [6, 6.07) is 10.9. The molecule has 2 aromatic carbocycles. The first-order chi connectivity index (χ1) is 20.1. The topological polar surface area (TPSA) is 295 Å². The van der Waals surface area contributed by atoms with Crippen LogP contribution < -0.4 is 30.6 Å². The Kier molecular flexibility index (Phi) is 57.1. The van der Waals surface area contributed by atoms with E-state index in [0.29, 0.717) is 24.0 Å². The standard InChI is InChI=1S/2C13H17NO3.2CH4O.2CH3O.2O.2V/c2*1-3-9(2)12(13(16)17)14-8-10-6-4-5-7-11(10)15;4*1-2;;;;/h2*4-9,12,15H,3H2,1-2H3,(H,16,17);2*2H,1H3;2*1H3;;;;/q;;;;2*-1;2*-2;;/p-4/t2*9-,12-;;;;;;;;/m00......../s1. The molecule has 2 rings (SSSR count). The maximum atomic E-state index is 11.4. The van der Waals surface area contributed by atoms with Crippen molar-refractivity contribution in [1.29, 1.82) is 0 Å². The minimum absolute atomic E-state index is 0. The molecular formula is C30H44N2O12V2-10. The maximum Gasteiger partial charge on any atom is 0.0918 e. The van der Waals surface area contributed by atoms with Crippen molar-refractivity contribution in [2.75, 3.05) is 28.4 Å². The van der Waals surface area contributed by atoms with Gasteiger partial charge in [-0.25, -0.2) is 0 Å². The van der Waals surface area contributed by atoms with Crippen LogP contribution in [0.4, 0.5) is 0 Å². The van der Waals surface area contributed by atoms with Gasteiger partial charge in [0.15, 0.2) is 0 Å². The molecule has 2 radical (unpaired) electrons. The fraction of sp³-hybridized carbons (Fsp3) is 0.467. The van der Waals surface area contributed by atoms with E-state index in [2.05, 4.69) is 9.98 Å². The van der Waals surface area contributed by atoms with E-state index in [1.807, 2.05) is 13.8 Å². The van der Waals surface area contributed by atoms with Crippen LogP contribution in [0.1, 0.15) is 51.7 Å². The molecule has 0 aliphatic rings. The molecule has 4 atom stereocenters. The van der Waals surface area contributed by atoms with Crippen LogP contribution >= 0.6 is 0 Å². The van der Waals surface area contributed by atoms with Crippen LogP contribution in [0, 0.1) is 11.8 Å². The summed E-state index contributed by atoms with van der Waals surface area (Å²) in [4.78, 5) is 29.7. The Bertz CT molecular complexity index is 936. The molecular weight excluding hydrogens is 682 g/mol. The molecule has 0 bridgehead atoms. The zero-order chi connectivity index (χ0) is 33.7. The van der Waals surface area contributed by atoms with Crippen molar-refractivity contribution in [1.82, 2.24) is 0 Å². The molecule has 0 heterocycles. The minimum Gasteiger partial charge on any atom is -2.00 e. The van der Waals surface area contributed by atoms with Gasteiger partial charge in [0.05, 0.1) is 24.0 Å². The van der Waals surface area contributed by atoms with E-state index < -0.39 is 24.0 Å². The molecule has 14 nitrogen and oxygen atoms in total. The predicted molar refractivity (Wildman–Crippen MR) is 153 cm³/mol. The summed E-state index contributed by atoms with van der Waals surface area (Å²) in [7, 11) is 3.50. The van der Waals surface area contributed by atoms with Crippen LogP contribution in [0.3, 0.4) is 0 Å². The van der Waals surface area contributed by atoms with Gasteiger partial charge in [-0.2, -0.15) is 14.2 Å². The third-order valence-electron chi connectivity index (χ3n) is 5.44. The summed E-state index contributed by atoms with van der Waals surface area (Å²) in [6.45, 7) is 7.36. The second kappa shape index (κ2) is 42.2. The number of aliphatic hydroxyl groups is 2. The van der Waals surface area contributed by atoms with Crippen molar-refractivity contribution in [2.24, 2.45) is 21.8 Å². The molecule has 0 aromatic heterocycles. The SMILES string of the molecule is CC[C@H](C)[C@H](N=Cc1ccccc1[O-])C(=O)[O-].CC[C@H](C)[C@H](N=Cc1ccccc1[O-])C(=O)[O-].CO.CO.C[O-].C[O-].[O-2].[O-2].[V].[V]. The number of benzene rings is 2. The number of hydrogen-bond donors (Lipinski definition) is 2. The number of carboxylic acid groups (broad SMARTS) is 2. The van der Waals surface area contributed by atoms with Crippen molar-refractivity contribution in [3.05, 3.63) is 59.7 Å². The summed E-state index contributed by atoms with van der Waals surface area (Å²) >= 11 is 0. The number of aliphatic imine (C=N–C) groups is 2. The number of carboxylic acids is 2.